The molecule has 0 fully saturated rings. The summed E-state index contributed by atoms with van der Waals surface area (Å²) < 4.78 is 38.9. The molecule has 6 heteroatoms. The molecular weight excluding hydrogens is 321 g/mol. The Morgan fingerprint density at radius 1 is 1.32 bits per heavy atom. The molecule has 0 saturated heterocycles. The maximum absolute atomic E-state index is 12.7. The first-order valence-corrected chi connectivity index (χ1v) is 6.80. The van der Waals surface area contributed by atoms with E-state index in [0.29, 0.717) is 12.2 Å². The summed E-state index contributed by atoms with van der Waals surface area (Å²) in [6.07, 6.45) is -4.21. The lowest BCUT2D eigenvalue weighted by atomic mass is 10.1. The quantitative estimate of drug-likeness (QED) is 0.874. The molecule has 0 aromatic heterocycles. The molecule has 0 amide bonds. The molecule has 1 rings (SSSR count). The zero-order chi connectivity index (χ0) is 14.6. The predicted octanol–water partition coefficient (Wildman–Crippen LogP) is 3.95. The third-order valence-corrected chi connectivity index (χ3v) is 3.18. The topological polar surface area (TPSA) is 15.3 Å². The van der Waals surface area contributed by atoms with Crippen LogP contribution >= 0.6 is 15.9 Å². The van der Waals surface area contributed by atoms with E-state index in [1.807, 2.05) is 6.07 Å². The summed E-state index contributed by atoms with van der Waals surface area (Å²) >= 11 is 3.35. The second-order valence-electron chi connectivity index (χ2n) is 4.64. The molecule has 0 atom stereocenters. The fraction of sp³-hybridized carbons (Fsp3) is 0.538. The highest BCUT2D eigenvalue weighted by Crippen LogP contribution is 2.29. The van der Waals surface area contributed by atoms with Gasteiger partial charge in [0.05, 0.1) is 0 Å². The maximum atomic E-state index is 12.7. The summed E-state index contributed by atoms with van der Waals surface area (Å²) in [5, 5.41) is 2.98. The van der Waals surface area contributed by atoms with Crippen LogP contribution in [0.4, 0.5) is 18.9 Å². The lowest BCUT2D eigenvalue weighted by molar-refractivity contribution is -0.120. The summed E-state index contributed by atoms with van der Waals surface area (Å²) in [7, 11) is 1.77. The van der Waals surface area contributed by atoms with Gasteiger partial charge in [-0.25, -0.2) is 0 Å². The minimum absolute atomic E-state index is 0.224. The Morgan fingerprint density at radius 2 is 1.95 bits per heavy atom. The van der Waals surface area contributed by atoms with Crippen LogP contribution in [0.15, 0.2) is 22.7 Å². The number of hydrogen-bond acceptors (Lipinski definition) is 2. The van der Waals surface area contributed by atoms with Crippen molar-refractivity contribution in [3.05, 3.63) is 28.2 Å². The van der Waals surface area contributed by atoms with Crippen LogP contribution < -0.4 is 10.2 Å². The molecule has 108 valence electrons. The van der Waals surface area contributed by atoms with Crippen LogP contribution in [0.5, 0.6) is 0 Å². The SMILES string of the molecule is CNCc1cc(Br)ccc1N(CC(F)(F)F)C(C)C. The highest BCUT2D eigenvalue weighted by atomic mass is 79.9. The van der Waals surface area contributed by atoms with Crippen molar-refractivity contribution >= 4 is 21.6 Å². The Bertz CT molecular complexity index is 419. The highest BCUT2D eigenvalue weighted by Gasteiger charge is 2.32. The van der Waals surface area contributed by atoms with Gasteiger partial charge in [0.25, 0.3) is 0 Å². The Kier molecular flexibility index (Phi) is 5.67. The monoisotopic (exact) mass is 338 g/mol. The van der Waals surface area contributed by atoms with Crippen LogP contribution in [0.1, 0.15) is 19.4 Å². The molecule has 0 heterocycles. The van der Waals surface area contributed by atoms with E-state index in [0.717, 1.165) is 10.0 Å². The first-order chi connectivity index (χ1) is 8.74. The average Bonchev–Trinajstić information content (AvgIpc) is 2.25. The Labute approximate surface area is 120 Å². The number of hydrogen-bond donors (Lipinski definition) is 1. The van der Waals surface area contributed by atoms with E-state index < -0.39 is 12.7 Å². The number of rotatable bonds is 5. The van der Waals surface area contributed by atoms with Crippen LogP contribution in [0, 0.1) is 0 Å². The van der Waals surface area contributed by atoms with Gasteiger partial charge in [0.2, 0.25) is 0 Å². The summed E-state index contributed by atoms with van der Waals surface area (Å²) in [6.45, 7) is 3.10. The Hall–Kier alpha value is -0.750. The van der Waals surface area contributed by atoms with Gasteiger partial charge in [0.1, 0.15) is 6.54 Å². The predicted molar refractivity (Wildman–Crippen MR) is 75.4 cm³/mol. The fourth-order valence-electron chi connectivity index (χ4n) is 1.91. The second-order valence-corrected chi connectivity index (χ2v) is 5.56. The van der Waals surface area contributed by atoms with Crippen LogP contribution in [0.3, 0.4) is 0 Å². The Morgan fingerprint density at radius 3 is 2.42 bits per heavy atom. The standard InChI is InChI=1S/C13H18BrF3N2/c1-9(2)19(8-13(15,16)17)12-5-4-11(14)6-10(12)7-18-3/h4-6,9,18H,7-8H2,1-3H3. The summed E-state index contributed by atoms with van der Waals surface area (Å²) in [5.74, 6) is 0. The van der Waals surface area contributed by atoms with Crippen molar-refractivity contribution in [1.29, 1.82) is 0 Å². The van der Waals surface area contributed by atoms with E-state index in [-0.39, 0.29) is 6.04 Å². The van der Waals surface area contributed by atoms with Gasteiger partial charge in [-0.15, -0.1) is 0 Å². The molecule has 19 heavy (non-hydrogen) atoms. The maximum Gasteiger partial charge on any atom is 0.405 e. The molecule has 1 aromatic rings. The molecule has 0 aliphatic carbocycles. The molecule has 1 aromatic carbocycles. The minimum Gasteiger partial charge on any atom is -0.360 e. The van der Waals surface area contributed by atoms with Crippen molar-refractivity contribution in [3.8, 4) is 0 Å². The van der Waals surface area contributed by atoms with Crippen molar-refractivity contribution in [2.45, 2.75) is 32.6 Å². The zero-order valence-corrected chi connectivity index (χ0v) is 12.8. The highest BCUT2D eigenvalue weighted by molar-refractivity contribution is 9.10. The second kappa shape index (κ2) is 6.61. The number of nitrogens with zero attached hydrogens (tertiary/aromatic N) is 1. The van der Waals surface area contributed by atoms with Gasteiger partial charge in [-0.05, 0) is 44.7 Å². The van der Waals surface area contributed by atoms with Crippen molar-refractivity contribution in [1.82, 2.24) is 5.32 Å². The summed E-state index contributed by atoms with van der Waals surface area (Å²) in [4.78, 5) is 1.37. The number of alkyl halides is 3. The molecule has 0 saturated carbocycles. The van der Waals surface area contributed by atoms with E-state index in [4.69, 9.17) is 0 Å². The van der Waals surface area contributed by atoms with E-state index >= 15 is 0 Å². The number of benzene rings is 1. The van der Waals surface area contributed by atoms with Gasteiger partial charge >= 0.3 is 6.18 Å². The molecule has 2 nitrogen and oxygen atoms in total. The van der Waals surface area contributed by atoms with Crippen molar-refractivity contribution in [2.24, 2.45) is 0 Å². The largest absolute Gasteiger partial charge is 0.405 e. The van der Waals surface area contributed by atoms with Gasteiger partial charge in [-0.3, -0.25) is 0 Å². The van der Waals surface area contributed by atoms with Crippen LogP contribution in [0.25, 0.3) is 0 Å². The van der Waals surface area contributed by atoms with Gasteiger partial charge < -0.3 is 10.2 Å². The molecule has 0 aliphatic rings. The number of halogens is 4. The normalized spacial score (nSPS) is 12.0. The van der Waals surface area contributed by atoms with Crippen LogP contribution in [-0.4, -0.2) is 25.8 Å². The first kappa shape index (κ1) is 16.3. The summed E-state index contributed by atoms with van der Waals surface area (Å²) in [5.41, 5.74) is 1.46. The fourth-order valence-corrected chi connectivity index (χ4v) is 2.31. The first-order valence-electron chi connectivity index (χ1n) is 6.01. The number of anilines is 1. The van der Waals surface area contributed by atoms with Crippen molar-refractivity contribution < 1.29 is 13.2 Å². The van der Waals surface area contributed by atoms with Gasteiger partial charge in [0, 0.05) is 22.7 Å². The molecule has 0 radical (unpaired) electrons. The molecule has 0 spiro atoms. The average molecular weight is 339 g/mol. The summed E-state index contributed by atoms with van der Waals surface area (Å²) in [6, 6.07) is 5.11. The van der Waals surface area contributed by atoms with Crippen LogP contribution in [0.2, 0.25) is 0 Å². The lowest BCUT2D eigenvalue weighted by Crippen LogP contribution is -2.39. The molecular formula is C13H18BrF3N2. The zero-order valence-electron chi connectivity index (χ0n) is 11.2. The van der Waals surface area contributed by atoms with Crippen molar-refractivity contribution in [3.63, 3.8) is 0 Å². The molecule has 1 N–H and O–H groups in total. The smallest absolute Gasteiger partial charge is 0.360 e. The molecule has 0 unspecified atom stereocenters. The van der Waals surface area contributed by atoms with Gasteiger partial charge in [-0.1, -0.05) is 15.9 Å². The van der Waals surface area contributed by atoms with E-state index in [9.17, 15) is 13.2 Å². The van der Waals surface area contributed by atoms with Gasteiger partial charge in [0.15, 0.2) is 0 Å². The third-order valence-electron chi connectivity index (χ3n) is 2.69. The molecule has 0 bridgehead atoms. The van der Waals surface area contributed by atoms with Crippen molar-refractivity contribution in [2.75, 3.05) is 18.5 Å². The lowest BCUT2D eigenvalue weighted by Gasteiger charge is -2.31. The van der Waals surface area contributed by atoms with E-state index in [1.54, 1.807) is 33.0 Å². The minimum atomic E-state index is -4.21. The van der Waals surface area contributed by atoms with E-state index in [2.05, 4.69) is 21.2 Å². The third kappa shape index (κ3) is 5.03. The van der Waals surface area contributed by atoms with E-state index in [1.165, 1.54) is 4.90 Å². The molecule has 0 aliphatic heterocycles. The Balaban J connectivity index is 3.14. The van der Waals surface area contributed by atoms with Gasteiger partial charge in [-0.2, -0.15) is 13.2 Å². The van der Waals surface area contributed by atoms with Crippen LogP contribution in [-0.2, 0) is 6.54 Å². The number of nitrogens with one attached hydrogen (secondary N) is 1.